The van der Waals surface area contributed by atoms with E-state index in [1.807, 2.05) is 24.3 Å². The Balaban J connectivity index is 2.49. The van der Waals surface area contributed by atoms with E-state index in [2.05, 4.69) is 0 Å². The standard InChI is InChI=1S/C12H12O3/c13-9-11-7-5-10(6-8-11)3-1-2-4-12(14)15/h1,3,5-9H,2,4H2,(H,14,15). The summed E-state index contributed by atoms with van der Waals surface area (Å²) < 4.78 is 0. The number of aliphatic carboxylic acids is 1. The molecule has 0 aromatic heterocycles. The molecule has 0 spiro atoms. The maximum atomic E-state index is 10.4. The number of carboxylic acids is 1. The Kier molecular flexibility index (Phi) is 4.29. The molecular weight excluding hydrogens is 192 g/mol. The predicted molar refractivity (Wildman–Crippen MR) is 57.7 cm³/mol. The fraction of sp³-hybridized carbons (Fsp3) is 0.167. The highest BCUT2D eigenvalue weighted by atomic mass is 16.4. The molecule has 0 heterocycles. The Morgan fingerprint density at radius 3 is 2.33 bits per heavy atom. The summed E-state index contributed by atoms with van der Waals surface area (Å²) in [5, 5.41) is 8.41. The second-order valence-corrected chi connectivity index (χ2v) is 3.12. The van der Waals surface area contributed by atoms with Gasteiger partial charge in [-0.15, -0.1) is 0 Å². The van der Waals surface area contributed by atoms with E-state index in [0.29, 0.717) is 12.0 Å². The van der Waals surface area contributed by atoms with Crippen molar-refractivity contribution in [3.05, 3.63) is 41.5 Å². The first-order chi connectivity index (χ1) is 7.22. The van der Waals surface area contributed by atoms with E-state index in [1.54, 1.807) is 12.1 Å². The summed E-state index contributed by atoms with van der Waals surface area (Å²) in [5.41, 5.74) is 1.60. The van der Waals surface area contributed by atoms with Gasteiger partial charge in [0.25, 0.3) is 0 Å². The van der Waals surface area contributed by atoms with Crippen molar-refractivity contribution in [3.63, 3.8) is 0 Å². The number of aldehydes is 1. The van der Waals surface area contributed by atoms with Gasteiger partial charge in [-0.05, 0) is 12.0 Å². The number of carbonyl (C=O) groups excluding carboxylic acids is 1. The third-order valence-electron chi connectivity index (χ3n) is 1.91. The van der Waals surface area contributed by atoms with Crippen LogP contribution in [0.1, 0.15) is 28.8 Å². The first-order valence-electron chi connectivity index (χ1n) is 4.66. The van der Waals surface area contributed by atoms with Crippen LogP contribution in [0.2, 0.25) is 0 Å². The molecule has 1 rings (SSSR count). The molecule has 0 saturated heterocycles. The quantitative estimate of drug-likeness (QED) is 0.749. The van der Waals surface area contributed by atoms with Crippen molar-refractivity contribution in [2.75, 3.05) is 0 Å². The predicted octanol–water partition coefficient (Wildman–Crippen LogP) is 2.38. The van der Waals surface area contributed by atoms with Crippen LogP contribution in [-0.2, 0) is 4.79 Å². The van der Waals surface area contributed by atoms with E-state index < -0.39 is 5.97 Å². The minimum atomic E-state index is -0.795. The molecule has 0 atom stereocenters. The molecule has 0 amide bonds. The van der Waals surface area contributed by atoms with Crippen LogP contribution < -0.4 is 0 Å². The Bertz CT molecular complexity index is 363. The third kappa shape index (κ3) is 4.22. The normalized spacial score (nSPS) is 10.4. The summed E-state index contributed by atoms with van der Waals surface area (Å²) in [4.78, 5) is 20.6. The van der Waals surface area contributed by atoms with Gasteiger partial charge in [-0.2, -0.15) is 0 Å². The monoisotopic (exact) mass is 204 g/mol. The van der Waals surface area contributed by atoms with E-state index in [0.717, 1.165) is 11.8 Å². The Morgan fingerprint density at radius 2 is 1.80 bits per heavy atom. The van der Waals surface area contributed by atoms with Crippen LogP contribution in [0.4, 0.5) is 0 Å². The van der Waals surface area contributed by atoms with Gasteiger partial charge in [0.05, 0.1) is 0 Å². The van der Waals surface area contributed by atoms with Crippen LogP contribution in [0.25, 0.3) is 6.08 Å². The highest BCUT2D eigenvalue weighted by molar-refractivity contribution is 5.75. The van der Waals surface area contributed by atoms with Crippen LogP contribution in [-0.4, -0.2) is 17.4 Å². The molecule has 15 heavy (non-hydrogen) atoms. The number of hydrogen-bond donors (Lipinski definition) is 1. The van der Waals surface area contributed by atoms with E-state index in [1.165, 1.54) is 0 Å². The Labute approximate surface area is 88.0 Å². The van der Waals surface area contributed by atoms with Gasteiger partial charge in [0.15, 0.2) is 0 Å². The number of hydrogen-bond acceptors (Lipinski definition) is 2. The van der Waals surface area contributed by atoms with Gasteiger partial charge in [-0.1, -0.05) is 36.4 Å². The third-order valence-corrected chi connectivity index (χ3v) is 1.91. The van der Waals surface area contributed by atoms with E-state index in [4.69, 9.17) is 5.11 Å². The number of carbonyl (C=O) groups is 2. The highest BCUT2D eigenvalue weighted by Crippen LogP contribution is 2.05. The maximum Gasteiger partial charge on any atom is 0.303 e. The van der Waals surface area contributed by atoms with Gasteiger partial charge < -0.3 is 5.11 Å². The van der Waals surface area contributed by atoms with Crippen molar-refractivity contribution in [1.82, 2.24) is 0 Å². The van der Waals surface area contributed by atoms with Crippen molar-refractivity contribution in [2.24, 2.45) is 0 Å². The van der Waals surface area contributed by atoms with Crippen LogP contribution in [0, 0.1) is 0 Å². The Morgan fingerprint density at radius 1 is 1.20 bits per heavy atom. The number of allylic oxidation sites excluding steroid dienone is 1. The smallest absolute Gasteiger partial charge is 0.303 e. The molecule has 1 aromatic rings. The summed E-state index contributed by atoms with van der Waals surface area (Å²) in [7, 11) is 0. The lowest BCUT2D eigenvalue weighted by atomic mass is 10.1. The second-order valence-electron chi connectivity index (χ2n) is 3.12. The molecule has 0 unspecified atom stereocenters. The maximum absolute atomic E-state index is 10.4. The molecule has 0 aliphatic rings. The lowest BCUT2D eigenvalue weighted by Gasteiger charge is -1.93. The zero-order valence-electron chi connectivity index (χ0n) is 8.22. The molecular formula is C12H12O3. The molecule has 0 saturated carbocycles. The van der Waals surface area contributed by atoms with Crippen LogP contribution in [0.3, 0.4) is 0 Å². The highest BCUT2D eigenvalue weighted by Gasteiger charge is 1.92. The molecule has 0 aliphatic carbocycles. The van der Waals surface area contributed by atoms with Gasteiger partial charge in [0.1, 0.15) is 6.29 Å². The van der Waals surface area contributed by atoms with E-state index >= 15 is 0 Å². The molecule has 3 nitrogen and oxygen atoms in total. The first kappa shape index (κ1) is 11.2. The number of benzene rings is 1. The summed E-state index contributed by atoms with van der Waals surface area (Å²) in [6, 6.07) is 7.09. The summed E-state index contributed by atoms with van der Waals surface area (Å²) in [6.07, 6.45) is 5.10. The molecule has 0 radical (unpaired) electrons. The molecule has 0 bridgehead atoms. The molecule has 3 heteroatoms. The summed E-state index contributed by atoms with van der Waals surface area (Å²) in [6.45, 7) is 0. The van der Waals surface area contributed by atoms with Gasteiger partial charge >= 0.3 is 5.97 Å². The largest absolute Gasteiger partial charge is 0.481 e. The molecule has 78 valence electrons. The average molecular weight is 204 g/mol. The average Bonchev–Trinajstić information content (AvgIpc) is 2.25. The van der Waals surface area contributed by atoms with Gasteiger partial charge in [0.2, 0.25) is 0 Å². The number of carboxylic acid groups (broad SMARTS) is 1. The van der Waals surface area contributed by atoms with E-state index in [-0.39, 0.29) is 6.42 Å². The summed E-state index contributed by atoms with van der Waals surface area (Å²) >= 11 is 0. The zero-order chi connectivity index (χ0) is 11.1. The number of rotatable bonds is 5. The molecule has 1 N–H and O–H groups in total. The van der Waals surface area contributed by atoms with Crippen molar-refractivity contribution in [1.29, 1.82) is 0 Å². The second kappa shape index (κ2) is 5.75. The van der Waals surface area contributed by atoms with Crippen molar-refractivity contribution < 1.29 is 14.7 Å². The van der Waals surface area contributed by atoms with Crippen LogP contribution in [0.15, 0.2) is 30.3 Å². The van der Waals surface area contributed by atoms with Crippen molar-refractivity contribution in [2.45, 2.75) is 12.8 Å². The van der Waals surface area contributed by atoms with Gasteiger partial charge in [-0.25, -0.2) is 0 Å². The SMILES string of the molecule is O=Cc1ccc(C=CCCC(=O)O)cc1. The lowest BCUT2D eigenvalue weighted by Crippen LogP contribution is -1.91. The molecule has 0 aliphatic heterocycles. The fourth-order valence-electron chi connectivity index (χ4n) is 1.11. The van der Waals surface area contributed by atoms with Crippen molar-refractivity contribution >= 4 is 18.3 Å². The topological polar surface area (TPSA) is 54.4 Å². The minimum absolute atomic E-state index is 0.142. The van der Waals surface area contributed by atoms with Gasteiger partial charge in [-0.3, -0.25) is 9.59 Å². The lowest BCUT2D eigenvalue weighted by molar-refractivity contribution is -0.136. The summed E-state index contributed by atoms with van der Waals surface area (Å²) in [5.74, 6) is -0.795. The Hall–Kier alpha value is -1.90. The zero-order valence-corrected chi connectivity index (χ0v) is 8.22. The van der Waals surface area contributed by atoms with E-state index in [9.17, 15) is 9.59 Å². The minimum Gasteiger partial charge on any atom is -0.481 e. The van der Waals surface area contributed by atoms with Crippen molar-refractivity contribution in [3.8, 4) is 0 Å². The molecule has 0 fully saturated rings. The van der Waals surface area contributed by atoms with Crippen LogP contribution in [0.5, 0.6) is 0 Å². The van der Waals surface area contributed by atoms with Gasteiger partial charge in [0, 0.05) is 12.0 Å². The molecule has 1 aromatic carbocycles. The fourth-order valence-corrected chi connectivity index (χ4v) is 1.11. The first-order valence-corrected chi connectivity index (χ1v) is 4.66. The van der Waals surface area contributed by atoms with Crippen LogP contribution >= 0.6 is 0 Å².